The van der Waals surface area contributed by atoms with Gasteiger partial charge in [-0.2, -0.15) is 25.3 Å². The van der Waals surface area contributed by atoms with Crippen molar-refractivity contribution in [3.63, 3.8) is 0 Å². The van der Waals surface area contributed by atoms with Gasteiger partial charge in [-0.05, 0) is 64.8 Å². The molecular formula is C37H65N11O13S2. The van der Waals surface area contributed by atoms with Gasteiger partial charge in [0.05, 0.1) is 18.8 Å². The van der Waals surface area contributed by atoms with Gasteiger partial charge in [0.1, 0.15) is 48.3 Å². The van der Waals surface area contributed by atoms with Crippen LogP contribution in [-0.2, 0) is 47.9 Å². The molecule has 26 heteroatoms. The maximum Gasteiger partial charge on any atom is 0.327 e. The Morgan fingerprint density at radius 3 is 1.76 bits per heavy atom. The fraction of sp³-hybridized carbons (Fsp3) is 0.730. The maximum atomic E-state index is 14.0. The Hall–Kier alpha value is -4.76. The first kappa shape index (κ1) is 56.3. The number of carboxylic acid groups (broad SMARTS) is 1. The molecule has 16 N–H and O–H groups in total. The molecule has 0 aromatic heterocycles. The Bertz CT molecular complexity index is 1630. The van der Waals surface area contributed by atoms with E-state index in [9.17, 15) is 63.3 Å². The summed E-state index contributed by atoms with van der Waals surface area (Å²) in [6, 6.07) is -12.2. The topological polar surface area (TPSA) is 397 Å². The fourth-order valence-corrected chi connectivity index (χ4v) is 6.59. The van der Waals surface area contributed by atoms with Crippen molar-refractivity contribution < 1.29 is 63.3 Å². The van der Waals surface area contributed by atoms with Crippen LogP contribution in [0.25, 0.3) is 0 Å². The number of hydrogen-bond acceptors (Lipinski definition) is 16. The molecule has 9 amide bonds. The number of carbonyl (C=O) groups is 10. The molecule has 0 saturated carbocycles. The van der Waals surface area contributed by atoms with Gasteiger partial charge < -0.3 is 74.6 Å². The highest BCUT2D eigenvalue weighted by Crippen LogP contribution is 2.20. The van der Waals surface area contributed by atoms with E-state index in [1.807, 2.05) is 0 Å². The van der Waals surface area contributed by atoms with Crippen LogP contribution in [0.15, 0.2) is 0 Å². The molecule has 1 aliphatic rings. The highest BCUT2D eigenvalue weighted by atomic mass is 32.1. The minimum absolute atomic E-state index is 0.0143. The first-order valence-electron chi connectivity index (χ1n) is 20.4. The lowest BCUT2D eigenvalue weighted by Crippen LogP contribution is -2.62. The monoisotopic (exact) mass is 935 g/mol. The van der Waals surface area contributed by atoms with Crippen molar-refractivity contribution in [2.24, 2.45) is 23.1 Å². The van der Waals surface area contributed by atoms with E-state index in [0.717, 1.165) is 4.90 Å². The number of hydrogen-bond donors (Lipinski definition) is 15. The molecule has 1 heterocycles. The highest BCUT2D eigenvalue weighted by Gasteiger charge is 2.41. The van der Waals surface area contributed by atoms with Gasteiger partial charge in [0.25, 0.3) is 0 Å². The summed E-state index contributed by atoms with van der Waals surface area (Å²) in [5, 5.41) is 46.4. The van der Waals surface area contributed by atoms with Crippen molar-refractivity contribution in [2.75, 3.05) is 31.2 Å². The molecular weight excluding hydrogens is 871 g/mol. The quantitative estimate of drug-likeness (QED) is 0.0257. The zero-order valence-electron chi connectivity index (χ0n) is 35.8. The molecule has 1 rings (SSSR count). The summed E-state index contributed by atoms with van der Waals surface area (Å²) in [6.07, 6.45) is -0.915. The number of thiol groups is 2. The molecule has 1 saturated heterocycles. The van der Waals surface area contributed by atoms with Crippen molar-refractivity contribution in [3.8, 4) is 0 Å². The standard InChI is InChI=1S/C37H65N11O13S2/c1-17(2)27(46-30(53)20(39)15-62)35(58)43-21(8-5-6-12-38)32(55)47-28(19(4)50)36(59)48-13-7-9-25(48)34(57)41-18(3)29(52)42-22(10-11-26(40)51)31(54)44-23(14-49)33(56)45-24(16-63)37(60)61/h17-25,27-28,49-50,62-63H,5-16,38-39H2,1-4H3,(H2,40,51)(H,41,57)(H,42,52)(H,43,58)(H,44,54)(H,45,56)(H,46,53)(H,47,55)(H,60,61)/t18-,19+,20-,21-,22-,23-,24-,25-,27-,28-/m0/s1. The largest absolute Gasteiger partial charge is 0.480 e. The average molecular weight is 936 g/mol. The minimum Gasteiger partial charge on any atom is -0.480 e. The lowest BCUT2D eigenvalue weighted by Gasteiger charge is -2.32. The third-order valence-electron chi connectivity index (χ3n) is 9.92. The number of aliphatic hydroxyl groups is 2. The van der Waals surface area contributed by atoms with Gasteiger partial charge in [-0.25, -0.2) is 4.79 Å². The molecule has 0 unspecified atom stereocenters. The summed E-state index contributed by atoms with van der Waals surface area (Å²) in [5.41, 5.74) is 16.6. The third-order valence-corrected chi connectivity index (χ3v) is 10.7. The number of primary amides is 1. The van der Waals surface area contributed by atoms with Crippen molar-refractivity contribution in [3.05, 3.63) is 0 Å². The first-order valence-corrected chi connectivity index (χ1v) is 21.7. The van der Waals surface area contributed by atoms with Crippen LogP contribution in [0.1, 0.15) is 72.6 Å². The first-order chi connectivity index (χ1) is 29.5. The molecule has 0 aliphatic carbocycles. The molecule has 0 spiro atoms. The minimum atomic E-state index is -1.68. The van der Waals surface area contributed by atoms with E-state index >= 15 is 0 Å². The van der Waals surface area contributed by atoms with Crippen LogP contribution in [-0.4, -0.2) is 171 Å². The SMILES string of the molecule is CC(C)[C@H](NC(=O)[C@@H](N)CS)C(=O)N[C@@H](CCCCN)C(=O)N[C@H](C(=O)N1CCC[C@H]1C(=O)N[C@@H](C)C(=O)N[C@@H](CCC(N)=O)C(=O)N[C@@H](CO)C(=O)N[C@@H](CS)C(=O)O)[C@@H](C)O. The summed E-state index contributed by atoms with van der Waals surface area (Å²) in [5.74, 6) is -9.92. The predicted molar refractivity (Wildman–Crippen MR) is 232 cm³/mol. The molecule has 1 aliphatic heterocycles. The number of rotatable bonds is 28. The molecule has 63 heavy (non-hydrogen) atoms. The van der Waals surface area contributed by atoms with Crippen molar-refractivity contribution in [2.45, 2.75) is 133 Å². The van der Waals surface area contributed by atoms with Crippen LogP contribution in [0.3, 0.4) is 0 Å². The zero-order valence-corrected chi connectivity index (χ0v) is 37.6. The van der Waals surface area contributed by atoms with Crippen LogP contribution in [0.2, 0.25) is 0 Å². The number of carboxylic acids is 1. The number of aliphatic hydroxyl groups excluding tert-OH is 2. The third kappa shape index (κ3) is 18.5. The van der Waals surface area contributed by atoms with Gasteiger partial charge in [-0.1, -0.05) is 13.8 Å². The Labute approximate surface area is 376 Å². The number of amides is 9. The van der Waals surface area contributed by atoms with Gasteiger partial charge >= 0.3 is 5.97 Å². The number of nitrogens with one attached hydrogen (secondary N) is 7. The van der Waals surface area contributed by atoms with E-state index in [0.29, 0.717) is 19.3 Å². The van der Waals surface area contributed by atoms with Crippen LogP contribution < -0.4 is 54.4 Å². The molecule has 0 aromatic rings. The van der Waals surface area contributed by atoms with Crippen LogP contribution in [0.5, 0.6) is 0 Å². The maximum absolute atomic E-state index is 14.0. The van der Waals surface area contributed by atoms with Crippen molar-refractivity contribution in [1.82, 2.24) is 42.1 Å². The van der Waals surface area contributed by atoms with E-state index < -0.39 is 139 Å². The van der Waals surface area contributed by atoms with Gasteiger partial charge in [-0.3, -0.25) is 43.2 Å². The van der Waals surface area contributed by atoms with Crippen LogP contribution in [0.4, 0.5) is 0 Å². The molecule has 0 aromatic carbocycles. The lowest BCUT2D eigenvalue weighted by molar-refractivity contribution is -0.144. The molecule has 10 atom stereocenters. The molecule has 24 nitrogen and oxygen atoms in total. The van der Waals surface area contributed by atoms with Crippen molar-refractivity contribution >= 4 is 84.4 Å². The molecule has 0 bridgehead atoms. The van der Waals surface area contributed by atoms with E-state index in [1.54, 1.807) is 13.8 Å². The average Bonchev–Trinajstić information content (AvgIpc) is 3.73. The van der Waals surface area contributed by atoms with E-state index in [1.165, 1.54) is 13.8 Å². The Morgan fingerprint density at radius 2 is 1.24 bits per heavy atom. The summed E-state index contributed by atoms with van der Waals surface area (Å²) >= 11 is 7.85. The van der Waals surface area contributed by atoms with E-state index in [-0.39, 0.29) is 43.9 Å². The van der Waals surface area contributed by atoms with Crippen LogP contribution in [0, 0.1) is 5.92 Å². The molecule has 0 radical (unpaired) electrons. The molecule has 1 fully saturated rings. The Kier molecular flexibility index (Phi) is 25.1. The smallest absolute Gasteiger partial charge is 0.327 e. The lowest BCUT2D eigenvalue weighted by atomic mass is 10.0. The van der Waals surface area contributed by atoms with Gasteiger partial charge in [-0.15, -0.1) is 0 Å². The number of likely N-dealkylation sites (tertiary alicyclic amines) is 1. The second-order valence-corrected chi connectivity index (χ2v) is 16.1. The number of carbonyl (C=O) groups excluding carboxylic acids is 9. The molecule has 358 valence electrons. The summed E-state index contributed by atoms with van der Waals surface area (Å²) in [6.45, 7) is 5.17. The van der Waals surface area contributed by atoms with Crippen LogP contribution >= 0.6 is 25.3 Å². The summed E-state index contributed by atoms with van der Waals surface area (Å²) < 4.78 is 0. The number of nitrogens with zero attached hydrogens (tertiary/aromatic N) is 1. The summed E-state index contributed by atoms with van der Waals surface area (Å²) in [7, 11) is 0. The van der Waals surface area contributed by atoms with Gasteiger partial charge in [0, 0.05) is 24.5 Å². The van der Waals surface area contributed by atoms with Gasteiger partial charge in [0.15, 0.2) is 0 Å². The second kappa shape index (κ2) is 28.1. The van der Waals surface area contributed by atoms with E-state index in [2.05, 4.69) is 62.5 Å². The summed E-state index contributed by atoms with van der Waals surface area (Å²) in [4.78, 5) is 130. The second-order valence-electron chi connectivity index (χ2n) is 15.4. The fourth-order valence-electron chi connectivity index (χ4n) is 6.18. The number of unbranched alkanes of at least 4 members (excludes halogenated alkanes) is 1. The number of nitrogens with two attached hydrogens (primary N) is 3. The van der Waals surface area contributed by atoms with E-state index in [4.69, 9.17) is 17.2 Å². The normalized spacial score (nSPS) is 17.9. The number of aliphatic carboxylic acids is 1. The van der Waals surface area contributed by atoms with Crippen molar-refractivity contribution in [1.29, 1.82) is 0 Å². The van der Waals surface area contributed by atoms with Gasteiger partial charge in [0.2, 0.25) is 53.2 Å². The zero-order chi connectivity index (χ0) is 48.1. The Balaban J connectivity index is 3.18. The Morgan fingerprint density at radius 1 is 0.698 bits per heavy atom. The highest BCUT2D eigenvalue weighted by molar-refractivity contribution is 7.80. The predicted octanol–water partition coefficient (Wildman–Crippen LogP) is -5.91.